The molecule has 128 valence electrons. The molecule has 5 heteroatoms. The molecule has 1 aliphatic rings. The summed E-state index contributed by atoms with van der Waals surface area (Å²) in [5.41, 5.74) is 2.15. The average Bonchev–Trinajstić information content (AvgIpc) is 3.04. The van der Waals surface area contributed by atoms with Crippen molar-refractivity contribution in [2.75, 3.05) is 26.4 Å². The molecule has 0 saturated carbocycles. The van der Waals surface area contributed by atoms with Gasteiger partial charge in [-0.25, -0.2) is 4.79 Å². The Kier molecular flexibility index (Phi) is 6.86. The maximum atomic E-state index is 11.8. The topological polar surface area (TPSA) is 54.0 Å². The van der Waals surface area contributed by atoms with Gasteiger partial charge in [-0.05, 0) is 44.7 Å². The fraction of sp³-hybridized carbons (Fsp3) is 0.611. The second-order valence-electron chi connectivity index (χ2n) is 5.85. The summed E-state index contributed by atoms with van der Waals surface area (Å²) in [5, 5.41) is 0. The lowest BCUT2D eigenvalue weighted by molar-refractivity contribution is -0.158. The Labute approximate surface area is 137 Å². The molecule has 0 aliphatic carbocycles. The summed E-state index contributed by atoms with van der Waals surface area (Å²) in [6, 6.07) is 5.98. The van der Waals surface area contributed by atoms with Crippen molar-refractivity contribution in [1.82, 2.24) is 0 Å². The van der Waals surface area contributed by atoms with Gasteiger partial charge >= 0.3 is 5.97 Å². The third-order valence-electron chi connectivity index (χ3n) is 3.87. The van der Waals surface area contributed by atoms with E-state index in [-0.39, 0.29) is 18.7 Å². The summed E-state index contributed by atoms with van der Waals surface area (Å²) in [7, 11) is 0. The number of ether oxygens (including phenoxy) is 4. The van der Waals surface area contributed by atoms with Crippen LogP contribution in [-0.4, -0.2) is 44.6 Å². The van der Waals surface area contributed by atoms with Crippen molar-refractivity contribution in [3.8, 4) is 5.75 Å². The van der Waals surface area contributed by atoms with Gasteiger partial charge in [0.05, 0.1) is 12.7 Å². The minimum atomic E-state index is -0.584. The largest absolute Gasteiger partial charge is 0.489 e. The lowest BCUT2D eigenvalue weighted by Gasteiger charge is -2.16. The Hall–Kier alpha value is -1.59. The van der Waals surface area contributed by atoms with E-state index < -0.39 is 6.10 Å². The van der Waals surface area contributed by atoms with Gasteiger partial charge in [0.1, 0.15) is 19.0 Å². The predicted octanol–water partition coefficient (Wildman–Crippen LogP) is 2.81. The summed E-state index contributed by atoms with van der Waals surface area (Å²) in [4.78, 5) is 11.8. The second kappa shape index (κ2) is 8.89. The molecule has 1 aromatic rings. The van der Waals surface area contributed by atoms with Gasteiger partial charge in [-0.15, -0.1) is 0 Å². The van der Waals surface area contributed by atoms with Crippen LogP contribution in [0.2, 0.25) is 0 Å². The first-order valence-corrected chi connectivity index (χ1v) is 8.17. The van der Waals surface area contributed by atoms with Gasteiger partial charge in [-0.1, -0.05) is 18.2 Å². The molecule has 23 heavy (non-hydrogen) atoms. The van der Waals surface area contributed by atoms with E-state index in [0.29, 0.717) is 13.2 Å². The van der Waals surface area contributed by atoms with Crippen molar-refractivity contribution < 1.29 is 23.7 Å². The van der Waals surface area contributed by atoms with Gasteiger partial charge in [0.2, 0.25) is 0 Å². The average molecular weight is 322 g/mol. The third kappa shape index (κ3) is 5.52. The van der Waals surface area contributed by atoms with E-state index in [9.17, 15) is 4.79 Å². The Morgan fingerprint density at radius 3 is 2.70 bits per heavy atom. The first kappa shape index (κ1) is 17.8. The number of aryl methyl sites for hydroxylation is 2. The number of hydrogen-bond donors (Lipinski definition) is 0. The van der Waals surface area contributed by atoms with Crippen LogP contribution in [0.5, 0.6) is 5.75 Å². The lowest BCUT2D eigenvalue weighted by atomic mass is 10.1. The van der Waals surface area contributed by atoms with Crippen LogP contribution in [-0.2, 0) is 19.0 Å². The molecular weight excluding hydrogens is 296 g/mol. The summed E-state index contributed by atoms with van der Waals surface area (Å²) >= 11 is 0. The van der Waals surface area contributed by atoms with E-state index in [2.05, 4.69) is 0 Å². The van der Waals surface area contributed by atoms with Crippen LogP contribution in [0.4, 0.5) is 0 Å². The number of benzene rings is 1. The van der Waals surface area contributed by atoms with E-state index in [4.69, 9.17) is 18.9 Å². The van der Waals surface area contributed by atoms with Crippen LogP contribution in [0, 0.1) is 13.8 Å². The van der Waals surface area contributed by atoms with Crippen LogP contribution >= 0.6 is 0 Å². The highest BCUT2D eigenvalue weighted by Gasteiger charge is 2.20. The van der Waals surface area contributed by atoms with Gasteiger partial charge in [0, 0.05) is 6.61 Å². The van der Waals surface area contributed by atoms with Crippen LogP contribution in [0.15, 0.2) is 18.2 Å². The van der Waals surface area contributed by atoms with Crippen molar-refractivity contribution in [2.45, 2.75) is 45.8 Å². The van der Waals surface area contributed by atoms with Crippen molar-refractivity contribution >= 4 is 5.97 Å². The normalized spacial score (nSPS) is 18.7. The molecule has 1 saturated heterocycles. The van der Waals surface area contributed by atoms with Crippen molar-refractivity contribution in [3.63, 3.8) is 0 Å². The molecule has 0 radical (unpaired) electrons. The quantitative estimate of drug-likeness (QED) is 0.544. The molecule has 2 rings (SSSR count). The fourth-order valence-electron chi connectivity index (χ4n) is 2.53. The lowest BCUT2D eigenvalue weighted by Crippen LogP contribution is -2.28. The third-order valence-corrected chi connectivity index (χ3v) is 3.87. The number of para-hydroxylation sites is 1. The van der Waals surface area contributed by atoms with E-state index in [1.807, 2.05) is 32.0 Å². The molecule has 5 nitrogen and oxygen atoms in total. The molecule has 0 bridgehead atoms. The molecule has 2 atom stereocenters. The van der Waals surface area contributed by atoms with Crippen molar-refractivity contribution in [3.05, 3.63) is 29.3 Å². The van der Waals surface area contributed by atoms with Gasteiger partial charge < -0.3 is 18.9 Å². The molecule has 1 fully saturated rings. The van der Waals surface area contributed by atoms with Gasteiger partial charge in [0.15, 0.2) is 6.10 Å². The van der Waals surface area contributed by atoms with Crippen molar-refractivity contribution in [1.29, 1.82) is 0 Å². The molecule has 1 heterocycles. The van der Waals surface area contributed by atoms with E-state index in [0.717, 1.165) is 36.3 Å². The molecule has 0 spiro atoms. The number of carbonyl (C=O) groups excluding carboxylic acids is 1. The second-order valence-corrected chi connectivity index (χ2v) is 5.85. The number of esters is 1. The van der Waals surface area contributed by atoms with Crippen LogP contribution in [0.3, 0.4) is 0 Å². The summed E-state index contributed by atoms with van der Waals surface area (Å²) in [6.07, 6.45) is 1.57. The maximum Gasteiger partial charge on any atom is 0.335 e. The standard InChI is InChI=1S/C18H26O5/c1-13-6-4-7-14(2)17(13)21-10-11-22-18(19)15(3)23-12-16-8-5-9-20-16/h4,6-7,15-16H,5,8-12H2,1-3H3. The molecule has 2 unspecified atom stereocenters. The molecule has 0 N–H and O–H groups in total. The molecule has 0 aromatic heterocycles. The van der Waals surface area contributed by atoms with Gasteiger partial charge in [0.25, 0.3) is 0 Å². The zero-order valence-corrected chi connectivity index (χ0v) is 14.2. The minimum Gasteiger partial charge on any atom is -0.489 e. The Morgan fingerprint density at radius 2 is 2.04 bits per heavy atom. The number of rotatable bonds is 8. The highest BCUT2D eigenvalue weighted by atomic mass is 16.6. The minimum absolute atomic E-state index is 0.109. The predicted molar refractivity (Wildman–Crippen MR) is 86.8 cm³/mol. The number of hydrogen-bond acceptors (Lipinski definition) is 5. The highest BCUT2D eigenvalue weighted by molar-refractivity contribution is 5.74. The molecule has 1 aliphatic heterocycles. The summed E-state index contributed by atoms with van der Waals surface area (Å²) < 4.78 is 21.8. The van der Waals surface area contributed by atoms with E-state index in [1.54, 1.807) is 6.92 Å². The first-order valence-electron chi connectivity index (χ1n) is 8.17. The van der Waals surface area contributed by atoms with Gasteiger partial charge in [-0.3, -0.25) is 0 Å². The fourth-order valence-corrected chi connectivity index (χ4v) is 2.53. The SMILES string of the molecule is Cc1cccc(C)c1OCCOC(=O)C(C)OCC1CCCO1. The Bertz CT molecular complexity index is 488. The van der Waals surface area contributed by atoms with E-state index >= 15 is 0 Å². The van der Waals surface area contributed by atoms with E-state index in [1.165, 1.54) is 0 Å². The maximum absolute atomic E-state index is 11.8. The summed E-state index contributed by atoms with van der Waals surface area (Å²) in [5.74, 6) is 0.485. The zero-order chi connectivity index (χ0) is 16.7. The molecular formula is C18H26O5. The van der Waals surface area contributed by atoms with Crippen LogP contribution in [0.1, 0.15) is 30.9 Å². The summed E-state index contributed by atoms with van der Waals surface area (Å²) in [6.45, 7) is 7.45. The first-order chi connectivity index (χ1) is 11.1. The molecule has 1 aromatic carbocycles. The smallest absolute Gasteiger partial charge is 0.335 e. The Balaban J connectivity index is 1.64. The Morgan fingerprint density at radius 1 is 1.30 bits per heavy atom. The van der Waals surface area contributed by atoms with Gasteiger partial charge in [-0.2, -0.15) is 0 Å². The van der Waals surface area contributed by atoms with Crippen LogP contribution < -0.4 is 4.74 Å². The zero-order valence-electron chi connectivity index (χ0n) is 14.2. The highest BCUT2D eigenvalue weighted by Crippen LogP contribution is 2.22. The number of carbonyl (C=O) groups is 1. The van der Waals surface area contributed by atoms with Crippen LogP contribution in [0.25, 0.3) is 0 Å². The monoisotopic (exact) mass is 322 g/mol. The van der Waals surface area contributed by atoms with Crippen molar-refractivity contribution in [2.24, 2.45) is 0 Å². The molecule has 0 amide bonds.